The molecule has 0 aliphatic heterocycles. The first-order valence-electron chi connectivity index (χ1n) is 5.44. The molecule has 92 valence electrons. The number of halogens is 1. The Kier molecular flexibility index (Phi) is 3.15. The maximum Gasteiger partial charge on any atom is 0.332 e. The lowest BCUT2D eigenvalue weighted by Gasteiger charge is -2.13. The van der Waals surface area contributed by atoms with E-state index in [2.05, 4.69) is 15.3 Å². The minimum atomic E-state index is -0.479. The predicted octanol–water partition coefficient (Wildman–Crippen LogP) is 2.56. The van der Waals surface area contributed by atoms with Gasteiger partial charge in [-0.2, -0.15) is 4.98 Å². The van der Waals surface area contributed by atoms with Gasteiger partial charge in [-0.25, -0.2) is 4.98 Å². The van der Waals surface area contributed by atoms with Crippen molar-refractivity contribution in [3.63, 3.8) is 0 Å². The molecule has 1 N–H and O–H groups in total. The highest BCUT2D eigenvalue weighted by molar-refractivity contribution is 6.28. The van der Waals surface area contributed by atoms with Gasteiger partial charge >= 0.3 is 5.69 Å². The van der Waals surface area contributed by atoms with Gasteiger partial charge in [-0.15, -0.1) is 0 Å². The fourth-order valence-electron chi connectivity index (χ4n) is 1.78. The third kappa shape index (κ3) is 2.63. The number of nitrogens with one attached hydrogen (secondary N) is 1. The topological polar surface area (TPSA) is 81.0 Å². The molecule has 6 nitrogen and oxygen atoms in total. The Morgan fingerprint density at radius 3 is 2.71 bits per heavy atom. The third-order valence-corrected chi connectivity index (χ3v) is 3.08. The number of nitro groups is 1. The Hall–Kier alpha value is -1.43. The van der Waals surface area contributed by atoms with Crippen LogP contribution in [0.1, 0.15) is 25.5 Å². The van der Waals surface area contributed by atoms with E-state index in [9.17, 15) is 10.1 Å². The first-order valence-corrected chi connectivity index (χ1v) is 5.82. The average molecular weight is 257 g/mol. The number of anilines is 1. The monoisotopic (exact) mass is 256 g/mol. The van der Waals surface area contributed by atoms with Crippen LogP contribution in [-0.2, 0) is 0 Å². The SMILES string of the molecule is Cc1nc(Cl)nc(NC(C)C2CC2)c1[N+](=O)[O-]. The maximum atomic E-state index is 11.0. The highest BCUT2D eigenvalue weighted by Gasteiger charge is 2.30. The molecule has 0 spiro atoms. The molecule has 2 rings (SSSR count). The van der Waals surface area contributed by atoms with E-state index in [1.807, 2.05) is 6.92 Å². The first-order chi connectivity index (χ1) is 7.99. The highest BCUT2D eigenvalue weighted by Crippen LogP contribution is 2.35. The minimum absolute atomic E-state index is 0.0265. The molecule has 0 saturated heterocycles. The van der Waals surface area contributed by atoms with E-state index < -0.39 is 4.92 Å². The standard InChI is InChI=1S/C10H13ClN4O2/c1-5(7-3-4-7)12-9-8(15(16)17)6(2)13-10(11)14-9/h5,7H,3-4H2,1-2H3,(H,12,13,14). The Morgan fingerprint density at radius 2 is 2.18 bits per heavy atom. The Morgan fingerprint density at radius 1 is 1.53 bits per heavy atom. The summed E-state index contributed by atoms with van der Waals surface area (Å²) in [5.74, 6) is 0.788. The van der Waals surface area contributed by atoms with Gasteiger partial charge in [-0.3, -0.25) is 10.1 Å². The number of aryl methyl sites for hydroxylation is 1. The van der Waals surface area contributed by atoms with Crippen LogP contribution < -0.4 is 5.32 Å². The van der Waals surface area contributed by atoms with Gasteiger partial charge in [0.1, 0.15) is 5.69 Å². The molecule has 7 heteroatoms. The zero-order valence-electron chi connectivity index (χ0n) is 9.61. The van der Waals surface area contributed by atoms with E-state index in [0.29, 0.717) is 5.92 Å². The van der Waals surface area contributed by atoms with Gasteiger partial charge in [0.25, 0.3) is 0 Å². The Labute approximate surface area is 104 Å². The lowest BCUT2D eigenvalue weighted by Crippen LogP contribution is -2.19. The van der Waals surface area contributed by atoms with Crippen LogP contribution in [0.5, 0.6) is 0 Å². The number of nitrogens with zero attached hydrogens (tertiary/aromatic N) is 3. The van der Waals surface area contributed by atoms with Crippen molar-refractivity contribution >= 4 is 23.1 Å². The fourth-order valence-corrected chi connectivity index (χ4v) is 1.99. The molecule has 1 aliphatic carbocycles. The molecule has 1 atom stereocenters. The number of hydrogen-bond donors (Lipinski definition) is 1. The second-order valence-corrected chi connectivity index (χ2v) is 4.64. The van der Waals surface area contributed by atoms with Crippen LogP contribution in [-0.4, -0.2) is 20.9 Å². The van der Waals surface area contributed by atoms with Crippen molar-refractivity contribution in [2.75, 3.05) is 5.32 Å². The number of aromatic nitrogens is 2. The van der Waals surface area contributed by atoms with Crippen molar-refractivity contribution in [1.29, 1.82) is 0 Å². The molecule has 17 heavy (non-hydrogen) atoms. The lowest BCUT2D eigenvalue weighted by molar-refractivity contribution is -0.385. The Balaban J connectivity index is 2.32. The van der Waals surface area contributed by atoms with Gasteiger partial charge in [0, 0.05) is 6.04 Å². The summed E-state index contributed by atoms with van der Waals surface area (Å²) in [5.41, 5.74) is 0.183. The van der Waals surface area contributed by atoms with E-state index in [1.54, 1.807) is 6.92 Å². The van der Waals surface area contributed by atoms with Gasteiger partial charge in [0.15, 0.2) is 0 Å². The largest absolute Gasteiger partial charge is 0.361 e. The molecule has 0 aromatic carbocycles. The molecular formula is C10H13ClN4O2. The smallest absolute Gasteiger partial charge is 0.332 e. The molecule has 0 bridgehead atoms. The van der Waals surface area contributed by atoms with E-state index >= 15 is 0 Å². The third-order valence-electron chi connectivity index (χ3n) is 2.91. The molecule has 1 aromatic rings. The number of hydrogen-bond acceptors (Lipinski definition) is 5. The van der Waals surface area contributed by atoms with Crippen LogP contribution in [0.25, 0.3) is 0 Å². The molecule has 1 heterocycles. The van der Waals surface area contributed by atoms with E-state index in [1.165, 1.54) is 0 Å². The van der Waals surface area contributed by atoms with Crippen LogP contribution in [0, 0.1) is 23.0 Å². The van der Waals surface area contributed by atoms with Crippen LogP contribution in [0.4, 0.5) is 11.5 Å². The molecule has 1 aliphatic rings. The summed E-state index contributed by atoms with van der Waals surface area (Å²) < 4.78 is 0. The van der Waals surface area contributed by atoms with Crippen LogP contribution in [0.3, 0.4) is 0 Å². The normalized spacial score (nSPS) is 16.6. The van der Waals surface area contributed by atoms with Crippen LogP contribution >= 0.6 is 11.6 Å². The van der Waals surface area contributed by atoms with Gasteiger partial charge in [0.05, 0.1) is 4.92 Å². The second kappa shape index (κ2) is 4.44. The molecule has 0 radical (unpaired) electrons. The Bertz CT molecular complexity index is 462. The quantitative estimate of drug-likeness (QED) is 0.509. The predicted molar refractivity (Wildman–Crippen MR) is 64.2 cm³/mol. The fraction of sp³-hybridized carbons (Fsp3) is 0.600. The summed E-state index contributed by atoms with van der Waals surface area (Å²) in [4.78, 5) is 18.2. The summed E-state index contributed by atoms with van der Waals surface area (Å²) >= 11 is 5.72. The minimum Gasteiger partial charge on any atom is -0.361 e. The van der Waals surface area contributed by atoms with E-state index in [-0.39, 0.29) is 28.5 Å². The van der Waals surface area contributed by atoms with Gasteiger partial charge in [0.2, 0.25) is 11.1 Å². The van der Waals surface area contributed by atoms with Crippen LogP contribution in [0.15, 0.2) is 0 Å². The van der Waals surface area contributed by atoms with Crippen LogP contribution in [0.2, 0.25) is 5.28 Å². The average Bonchev–Trinajstić information content (AvgIpc) is 2.97. The van der Waals surface area contributed by atoms with E-state index in [0.717, 1.165) is 12.8 Å². The van der Waals surface area contributed by atoms with Crippen molar-refractivity contribution in [2.24, 2.45) is 5.92 Å². The first kappa shape index (κ1) is 12.0. The van der Waals surface area contributed by atoms with E-state index in [4.69, 9.17) is 11.6 Å². The number of rotatable bonds is 4. The molecule has 1 fully saturated rings. The summed E-state index contributed by atoms with van der Waals surface area (Å²) in [6, 6.07) is 0.166. The lowest BCUT2D eigenvalue weighted by atomic mass is 10.2. The van der Waals surface area contributed by atoms with Gasteiger partial charge < -0.3 is 5.32 Å². The summed E-state index contributed by atoms with van der Waals surface area (Å²) in [5, 5.41) is 14.0. The zero-order chi connectivity index (χ0) is 12.6. The molecule has 1 saturated carbocycles. The van der Waals surface area contributed by atoms with Crippen molar-refractivity contribution in [2.45, 2.75) is 32.7 Å². The van der Waals surface area contributed by atoms with Crippen molar-refractivity contribution in [3.8, 4) is 0 Å². The van der Waals surface area contributed by atoms with Gasteiger partial charge in [-0.05, 0) is 44.2 Å². The summed E-state index contributed by atoms with van der Waals surface area (Å²) in [6.07, 6.45) is 2.31. The maximum absolute atomic E-state index is 11.0. The second-order valence-electron chi connectivity index (χ2n) is 4.30. The summed E-state index contributed by atoms with van der Waals surface area (Å²) in [7, 11) is 0. The summed E-state index contributed by atoms with van der Waals surface area (Å²) in [6.45, 7) is 3.55. The molecule has 0 amide bonds. The highest BCUT2D eigenvalue weighted by atomic mass is 35.5. The van der Waals surface area contributed by atoms with Gasteiger partial charge in [-0.1, -0.05) is 0 Å². The molecule has 1 unspecified atom stereocenters. The molecular weight excluding hydrogens is 244 g/mol. The zero-order valence-corrected chi connectivity index (χ0v) is 10.4. The van der Waals surface area contributed by atoms with Crippen molar-refractivity contribution in [3.05, 3.63) is 21.1 Å². The van der Waals surface area contributed by atoms with Crippen molar-refractivity contribution < 1.29 is 4.92 Å². The molecule has 1 aromatic heterocycles. The van der Waals surface area contributed by atoms with Crippen molar-refractivity contribution in [1.82, 2.24) is 9.97 Å².